The minimum atomic E-state index is -5.03. The first kappa shape index (κ1) is 22.0. The summed E-state index contributed by atoms with van der Waals surface area (Å²) in [7, 11) is 0. The van der Waals surface area contributed by atoms with Crippen LogP contribution in [0.1, 0.15) is 12.8 Å². The van der Waals surface area contributed by atoms with Gasteiger partial charge in [-0.05, 0) is 36.8 Å². The van der Waals surface area contributed by atoms with Gasteiger partial charge in [-0.3, -0.25) is 9.59 Å². The second-order valence-corrected chi connectivity index (χ2v) is 6.90. The lowest BCUT2D eigenvalue weighted by molar-refractivity contribution is -0.167. The van der Waals surface area contributed by atoms with Crippen LogP contribution in [0.3, 0.4) is 0 Å². The first-order chi connectivity index (χ1) is 13.2. The zero-order valence-electron chi connectivity index (χ0n) is 14.3. The van der Waals surface area contributed by atoms with Crippen molar-refractivity contribution in [1.29, 1.82) is 0 Å². The van der Waals surface area contributed by atoms with Crippen molar-refractivity contribution < 1.29 is 27.5 Å². The van der Waals surface area contributed by atoms with Gasteiger partial charge in [-0.25, -0.2) is 0 Å². The van der Waals surface area contributed by atoms with E-state index < -0.39 is 18.0 Å². The molecule has 0 aliphatic carbocycles. The van der Waals surface area contributed by atoms with Crippen LogP contribution in [0.2, 0.25) is 5.02 Å². The van der Waals surface area contributed by atoms with Crippen molar-refractivity contribution in [3.63, 3.8) is 0 Å². The molecule has 5 nitrogen and oxygen atoms in total. The van der Waals surface area contributed by atoms with Crippen LogP contribution in [0.5, 0.6) is 5.75 Å². The highest BCUT2D eigenvalue weighted by atomic mass is 79.9. The number of ether oxygens (including phenoxy) is 1. The summed E-state index contributed by atoms with van der Waals surface area (Å²) in [5.41, 5.74) is -0.0713. The highest BCUT2D eigenvalue weighted by Gasteiger charge is 2.39. The molecule has 0 atom stereocenters. The maximum Gasteiger partial charge on any atom is 0.471 e. The number of carbonyl (C=O) groups excluding carboxylic acids is 2. The molecule has 0 bridgehead atoms. The van der Waals surface area contributed by atoms with Crippen molar-refractivity contribution in [2.24, 2.45) is 0 Å². The number of anilines is 2. The van der Waals surface area contributed by atoms with Crippen LogP contribution >= 0.6 is 27.5 Å². The quantitative estimate of drug-likeness (QED) is 0.523. The van der Waals surface area contributed by atoms with Crippen LogP contribution in [-0.2, 0) is 9.59 Å². The standard InChI is InChI=1S/C18H15BrClF3N2O3/c19-11-7-8-15(12(20)10-11)28-9-3-6-16(26)24-13-4-1-2-5-14(13)25-17(27)18(21,22)23/h1-2,4-5,7-8,10H,3,6,9H2,(H,24,26)(H,25,27). The lowest BCUT2D eigenvalue weighted by atomic mass is 10.2. The molecule has 0 aliphatic rings. The van der Waals surface area contributed by atoms with E-state index in [2.05, 4.69) is 21.2 Å². The van der Waals surface area contributed by atoms with Gasteiger partial charge in [0, 0.05) is 10.9 Å². The average Bonchev–Trinajstić information content (AvgIpc) is 2.61. The summed E-state index contributed by atoms with van der Waals surface area (Å²) >= 11 is 9.30. The summed E-state index contributed by atoms with van der Waals surface area (Å²) in [5.74, 6) is -2.07. The molecular formula is C18H15BrClF3N2O3. The van der Waals surface area contributed by atoms with Crippen molar-refractivity contribution in [1.82, 2.24) is 0 Å². The van der Waals surface area contributed by atoms with Gasteiger partial charge in [0.15, 0.2) is 0 Å². The highest BCUT2D eigenvalue weighted by molar-refractivity contribution is 9.10. The molecule has 10 heteroatoms. The molecule has 0 heterocycles. The minimum Gasteiger partial charge on any atom is -0.492 e. The van der Waals surface area contributed by atoms with E-state index in [1.54, 1.807) is 23.5 Å². The van der Waals surface area contributed by atoms with E-state index in [1.807, 2.05) is 0 Å². The Bertz CT molecular complexity index is 862. The number of rotatable bonds is 7. The van der Waals surface area contributed by atoms with Gasteiger partial charge in [-0.2, -0.15) is 13.2 Å². The third kappa shape index (κ3) is 6.72. The van der Waals surface area contributed by atoms with Gasteiger partial charge in [0.25, 0.3) is 0 Å². The predicted molar refractivity (Wildman–Crippen MR) is 104 cm³/mol. The maximum absolute atomic E-state index is 12.4. The molecule has 0 spiro atoms. The van der Waals surface area contributed by atoms with Gasteiger partial charge in [-0.15, -0.1) is 0 Å². The molecule has 0 unspecified atom stereocenters. The molecule has 0 radical (unpaired) electrons. The summed E-state index contributed by atoms with van der Waals surface area (Å²) in [6.45, 7) is 0.223. The van der Waals surface area contributed by atoms with Crippen molar-refractivity contribution >= 4 is 50.7 Å². The van der Waals surface area contributed by atoms with Crippen LogP contribution in [0.15, 0.2) is 46.9 Å². The van der Waals surface area contributed by atoms with Crippen LogP contribution in [0, 0.1) is 0 Å². The number of amides is 2. The zero-order valence-corrected chi connectivity index (χ0v) is 16.6. The summed E-state index contributed by atoms with van der Waals surface area (Å²) in [5, 5.41) is 4.63. The highest BCUT2D eigenvalue weighted by Crippen LogP contribution is 2.28. The van der Waals surface area contributed by atoms with E-state index in [0.717, 1.165) is 4.47 Å². The maximum atomic E-state index is 12.4. The molecule has 28 heavy (non-hydrogen) atoms. The van der Waals surface area contributed by atoms with Crippen molar-refractivity contribution in [3.05, 3.63) is 52.0 Å². The predicted octanol–water partition coefficient (Wildman–Crippen LogP) is 5.40. The Morgan fingerprint density at radius 3 is 2.32 bits per heavy atom. The first-order valence-corrected chi connectivity index (χ1v) is 9.19. The number of alkyl halides is 3. The van der Waals surface area contributed by atoms with Gasteiger partial charge in [0.05, 0.1) is 23.0 Å². The van der Waals surface area contributed by atoms with Crippen LogP contribution < -0.4 is 15.4 Å². The molecular weight excluding hydrogens is 465 g/mol. The summed E-state index contributed by atoms with van der Waals surface area (Å²) in [6, 6.07) is 10.7. The molecule has 2 rings (SSSR count). The number of para-hydroxylation sites is 2. The van der Waals surface area contributed by atoms with Gasteiger partial charge in [-0.1, -0.05) is 39.7 Å². The van der Waals surface area contributed by atoms with E-state index in [0.29, 0.717) is 17.2 Å². The van der Waals surface area contributed by atoms with E-state index in [9.17, 15) is 22.8 Å². The first-order valence-electron chi connectivity index (χ1n) is 8.01. The smallest absolute Gasteiger partial charge is 0.471 e. The molecule has 0 fully saturated rings. The minimum absolute atomic E-state index is 0.0652. The molecule has 150 valence electrons. The van der Waals surface area contributed by atoms with E-state index in [4.69, 9.17) is 16.3 Å². The molecule has 0 aromatic heterocycles. The number of nitrogens with one attached hydrogen (secondary N) is 2. The van der Waals surface area contributed by atoms with E-state index in [1.165, 1.54) is 24.3 Å². The molecule has 2 aromatic carbocycles. The van der Waals surface area contributed by atoms with Crippen LogP contribution in [0.25, 0.3) is 0 Å². The lowest BCUT2D eigenvalue weighted by Crippen LogP contribution is -2.30. The fraction of sp³-hybridized carbons (Fsp3) is 0.222. The Balaban J connectivity index is 1.85. The molecule has 2 amide bonds. The number of benzene rings is 2. The topological polar surface area (TPSA) is 67.4 Å². The van der Waals surface area contributed by atoms with Crippen molar-refractivity contribution in [3.8, 4) is 5.75 Å². The Kier molecular flexibility index (Phi) is 7.70. The van der Waals surface area contributed by atoms with E-state index in [-0.39, 0.29) is 24.4 Å². The third-order valence-electron chi connectivity index (χ3n) is 3.41. The normalized spacial score (nSPS) is 11.0. The molecule has 2 aromatic rings. The summed E-state index contributed by atoms with van der Waals surface area (Å²) in [6.07, 6.45) is -4.60. The second kappa shape index (κ2) is 9.79. The molecule has 0 aliphatic heterocycles. The van der Waals surface area contributed by atoms with Crippen molar-refractivity contribution in [2.75, 3.05) is 17.2 Å². The third-order valence-corrected chi connectivity index (χ3v) is 4.20. The van der Waals surface area contributed by atoms with Gasteiger partial charge in [0.1, 0.15) is 5.75 Å². The molecule has 0 saturated heterocycles. The number of carbonyl (C=O) groups is 2. The van der Waals surface area contributed by atoms with Gasteiger partial charge in [0.2, 0.25) is 5.91 Å². The Labute approximate surface area is 172 Å². The fourth-order valence-electron chi connectivity index (χ4n) is 2.11. The van der Waals surface area contributed by atoms with Gasteiger partial charge >= 0.3 is 12.1 Å². The van der Waals surface area contributed by atoms with Crippen molar-refractivity contribution in [2.45, 2.75) is 19.0 Å². The molecule has 0 saturated carbocycles. The SMILES string of the molecule is O=C(CCCOc1ccc(Br)cc1Cl)Nc1ccccc1NC(=O)C(F)(F)F. The number of hydrogen-bond donors (Lipinski definition) is 2. The zero-order chi connectivity index (χ0) is 20.7. The largest absolute Gasteiger partial charge is 0.492 e. The van der Waals surface area contributed by atoms with E-state index >= 15 is 0 Å². The number of halogens is 5. The number of hydrogen-bond acceptors (Lipinski definition) is 3. The van der Waals surface area contributed by atoms with Gasteiger partial charge < -0.3 is 15.4 Å². The lowest BCUT2D eigenvalue weighted by Gasteiger charge is -2.13. The summed E-state index contributed by atoms with van der Waals surface area (Å²) < 4.78 is 43.5. The van der Waals surface area contributed by atoms with Crippen LogP contribution in [0.4, 0.5) is 24.5 Å². The van der Waals surface area contributed by atoms with Crippen LogP contribution in [-0.4, -0.2) is 24.6 Å². The summed E-state index contributed by atoms with van der Waals surface area (Å²) in [4.78, 5) is 23.1. The Hall–Kier alpha value is -2.26. The fourth-order valence-corrected chi connectivity index (χ4v) is 2.84. The second-order valence-electron chi connectivity index (χ2n) is 5.57. The Morgan fingerprint density at radius 2 is 1.71 bits per heavy atom. The monoisotopic (exact) mass is 478 g/mol. The Morgan fingerprint density at radius 1 is 1.07 bits per heavy atom. The average molecular weight is 480 g/mol. The molecule has 2 N–H and O–H groups in total.